The molecule has 0 aliphatic rings. The highest BCUT2D eigenvalue weighted by molar-refractivity contribution is 7.16. The van der Waals surface area contributed by atoms with Crippen LogP contribution in [-0.2, 0) is 12.8 Å². The number of unbranched alkanes of at least 4 members (excludes halogenated alkanes) is 10. The fraction of sp³-hybridized carbons (Fsp3) is 0.500. The van der Waals surface area contributed by atoms with Crippen LogP contribution in [0.25, 0.3) is 20.9 Å². The molecular weight excluding hydrogens is 480 g/mol. The number of carbonyl (C=O) groups is 2. The summed E-state index contributed by atoms with van der Waals surface area (Å²) in [6, 6.07) is 12.4. The molecule has 1 aromatic carbocycles. The Labute approximate surface area is 226 Å². The molecule has 0 spiro atoms. The van der Waals surface area contributed by atoms with Crippen LogP contribution < -0.4 is 0 Å². The normalized spacial score (nSPS) is 11.2. The zero-order valence-electron chi connectivity index (χ0n) is 22.2. The molecule has 194 valence electrons. The summed E-state index contributed by atoms with van der Waals surface area (Å²) in [6.45, 7) is 4.50. The van der Waals surface area contributed by atoms with Gasteiger partial charge in [0, 0.05) is 41.8 Å². The van der Waals surface area contributed by atoms with Crippen LogP contribution in [0.5, 0.6) is 0 Å². The number of aldehydes is 2. The minimum atomic E-state index is 0.662. The van der Waals surface area contributed by atoms with Gasteiger partial charge in [-0.05, 0) is 62.1 Å². The Morgan fingerprint density at radius 1 is 0.556 bits per heavy atom. The van der Waals surface area contributed by atoms with E-state index in [0.29, 0.717) is 11.1 Å². The lowest BCUT2D eigenvalue weighted by atomic mass is 9.97. The van der Waals surface area contributed by atoms with Crippen LogP contribution >= 0.6 is 22.7 Å². The lowest BCUT2D eigenvalue weighted by Gasteiger charge is -2.09. The Kier molecular flexibility index (Phi) is 12.6. The standard InChI is InChI=1S/C32H42O2S2/c1-3-5-7-9-11-13-15-27-17-19-31(35-27)29-21-26(24-34)30(22-25(29)23-33)32-20-18-28(36-32)16-14-12-10-8-6-4-2/h17-24H,3-16H2,1-2H3. The molecule has 3 rings (SSSR count). The fourth-order valence-corrected chi connectivity index (χ4v) is 6.90. The molecule has 2 heterocycles. The number of hydrogen-bond acceptors (Lipinski definition) is 4. The van der Waals surface area contributed by atoms with E-state index in [1.807, 2.05) is 12.1 Å². The van der Waals surface area contributed by atoms with E-state index in [1.165, 1.54) is 86.8 Å². The molecule has 0 fully saturated rings. The Bertz CT molecular complexity index is 990. The molecule has 3 aromatic rings. The summed E-state index contributed by atoms with van der Waals surface area (Å²) in [6.07, 6.45) is 19.5. The van der Waals surface area contributed by atoms with Gasteiger partial charge < -0.3 is 0 Å². The molecule has 0 amide bonds. The van der Waals surface area contributed by atoms with Gasteiger partial charge >= 0.3 is 0 Å². The lowest BCUT2D eigenvalue weighted by molar-refractivity contribution is 0.111. The number of aryl methyl sites for hydroxylation is 2. The van der Waals surface area contributed by atoms with E-state index in [1.54, 1.807) is 22.7 Å². The Morgan fingerprint density at radius 3 is 1.33 bits per heavy atom. The summed E-state index contributed by atoms with van der Waals surface area (Å²) in [5.41, 5.74) is 3.07. The van der Waals surface area contributed by atoms with Crippen molar-refractivity contribution < 1.29 is 9.59 Å². The third-order valence-corrected chi connectivity index (χ3v) is 9.24. The van der Waals surface area contributed by atoms with Gasteiger partial charge in [0.25, 0.3) is 0 Å². The molecule has 0 N–H and O–H groups in total. The molecule has 0 aliphatic carbocycles. The average Bonchev–Trinajstić information content (AvgIpc) is 3.57. The van der Waals surface area contributed by atoms with Crippen LogP contribution in [-0.4, -0.2) is 12.6 Å². The van der Waals surface area contributed by atoms with Gasteiger partial charge in [-0.3, -0.25) is 9.59 Å². The zero-order valence-corrected chi connectivity index (χ0v) is 23.8. The molecule has 0 saturated carbocycles. The molecule has 36 heavy (non-hydrogen) atoms. The zero-order chi connectivity index (χ0) is 25.6. The van der Waals surface area contributed by atoms with Gasteiger partial charge in [0.05, 0.1) is 0 Å². The number of benzene rings is 1. The molecule has 2 aromatic heterocycles. The van der Waals surface area contributed by atoms with E-state index >= 15 is 0 Å². The predicted octanol–water partition coefficient (Wildman–Crippen LogP) is 10.6. The highest BCUT2D eigenvalue weighted by Gasteiger charge is 2.15. The number of hydrogen-bond donors (Lipinski definition) is 0. The van der Waals surface area contributed by atoms with E-state index in [4.69, 9.17) is 0 Å². The van der Waals surface area contributed by atoms with Gasteiger partial charge in [-0.2, -0.15) is 0 Å². The van der Waals surface area contributed by atoms with Gasteiger partial charge in [-0.25, -0.2) is 0 Å². The van der Waals surface area contributed by atoms with Crippen molar-refractivity contribution in [1.29, 1.82) is 0 Å². The van der Waals surface area contributed by atoms with E-state index in [2.05, 4.69) is 38.1 Å². The van der Waals surface area contributed by atoms with Crippen molar-refractivity contribution in [3.8, 4) is 20.9 Å². The highest BCUT2D eigenvalue weighted by Crippen LogP contribution is 2.37. The summed E-state index contributed by atoms with van der Waals surface area (Å²) < 4.78 is 0. The first-order valence-electron chi connectivity index (χ1n) is 14.0. The minimum Gasteiger partial charge on any atom is -0.298 e. The third kappa shape index (κ3) is 8.52. The topological polar surface area (TPSA) is 34.1 Å². The first-order valence-corrected chi connectivity index (χ1v) is 15.6. The van der Waals surface area contributed by atoms with Crippen molar-refractivity contribution in [1.82, 2.24) is 0 Å². The Hall–Kier alpha value is -2.04. The summed E-state index contributed by atoms with van der Waals surface area (Å²) in [7, 11) is 0. The smallest absolute Gasteiger partial charge is 0.150 e. The second kappa shape index (κ2) is 15.9. The molecule has 0 aliphatic heterocycles. The van der Waals surface area contributed by atoms with E-state index in [-0.39, 0.29) is 0 Å². The first kappa shape index (κ1) is 28.5. The number of thiophene rings is 2. The van der Waals surface area contributed by atoms with Crippen molar-refractivity contribution in [2.24, 2.45) is 0 Å². The molecule has 4 heteroatoms. The molecular formula is C32H42O2S2. The van der Waals surface area contributed by atoms with Crippen LogP contribution in [0, 0.1) is 0 Å². The Morgan fingerprint density at radius 2 is 0.944 bits per heavy atom. The van der Waals surface area contributed by atoms with Crippen molar-refractivity contribution in [2.45, 2.75) is 104 Å². The molecule has 0 radical (unpaired) electrons. The van der Waals surface area contributed by atoms with Gasteiger partial charge in [0.2, 0.25) is 0 Å². The monoisotopic (exact) mass is 522 g/mol. The first-order chi connectivity index (χ1) is 17.7. The van der Waals surface area contributed by atoms with Gasteiger partial charge in [0.15, 0.2) is 12.6 Å². The highest BCUT2D eigenvalue weighted by atomic mass is 32.1. The summed E-state index contributed by atoms with van der Waals surface area (Å²) >= 11 is 3.51. The van der Waals surface area contributed by atoms with Crippen LogP contribution in [0.4, 0.5) is 0 Å². The van der Waals surface area contributed by atoms with Crippen LogP contribution in [0.15, 0.2) is 36.4 Å². The minimum absolute atomic E-state index is 0.662. The second-order valence-corrected chi connectivity index (χ2v) is 12.2. The molecule has 2 nitrogen and oxygen atoms in total. The summed E-state index contributed by atoms with van der Waals surface area (Å²) in [5.74, 6) is 0. The quantitative estimate of drug-likeness (QED) is 0.123. The lowest BCUT2D eigenvalue weighted by Crippen LogP contribution is -1.93. The largest absolute Gasteiger partial charge is 0.298 e. The van der Waals surface area contributed by atoms with Crippen molar-refractivity contribution >= 4 is 35.2 Å². The van der Waals surface area contributed by atoms with E-state index in [0.717, 1.165) is 46.3 Å². The maximum Gasteiger partial charge on any atom is 0.150 e. The van der Waals surface area contributed by atoms with Crippen LogP contribution in [0.3, 0.4) is 0 Å². The average molecular weight is 523 g/mol. The molecule has 0 bridgehead atoms. The van der Waals surface area contributed by atoms with Gasteiger partial charge in [-0.15, -0.1) is 22.7 Å². The third-order valence-electron chi connectivity index (χ3n) is 6.88. The second-order valence-electron chi connectivity index (χ2n) is 9.83. The van der Waals surface area contributed by atoms with E-state index in [9.17, 15) is 9.59 Å². The van der Waals surface area contributed by atoms with E-state index < -0.39 is 0 Å². The maximum atomic E-state index is 12.1. The SMILES string of the molecule is CCCCCCCCc1ccc(-c2cc(C=O)c(-c3ccc(CCCCCCCC)s3)cc2C=O)s1. The molecule has 0 saturated heterocycles. The van der Waals surface area contributed by atoms with Crippen molar-refractivity contribution in [3.63, 3.8) is 0 Å². The van der Waals surface area contributed by atoms with Gasteiger partial charge in [-0.1, -0.05) is 78.1 Å². The maximum absolute atomic E-state index is 12.1. The number of rotatable bonds is 18. The van der Waals surface area contributed by atoms with Gasteiger partial charge in [0.1, 0.15) is 0 Å². The number of carbonyl (C=O) groups excluding carboxylic acids is 2. The summed E-state index contributed by atoms with van der Waals surface area (Å²) in [4.78, 5) is 29.0. The molecule has 0 unspecified atom stereocenters. The fourth-order valence-electron chi connectivity index (χ4n) is 4.73. The summed E-state index contributed by atoms with van der Waals surface area (Å²) in [5, 5.41) is 0. The van der Waals surface area contributed by atoms with Crippen molar-refractivity contribution in [2.75, 3.05) is 0 Å². The molecule has 0 atom stereocenters. The Balaban J connectivity index is 1.68. The van der Waals surface area contributed by atoms with Crippen LogP contribution in [0.2, 0.25) is 0 Å². The van der Waals surface area contributed by atoms with Crippen molar-refractivity contribution in [3.05, 3.63) is 57.3 Å². The predicted molar refractivity (Wildman–Crippen MR) is 158 cm³/mol. The van der Waals surface area contributed by atoms with Crippen LogP contribution in [0.1, 0.15) is 121 Å².